The number of carbonyl (C=O) groups is 2. The normalized spacial score (nSPS) is 14.7. The van der Waals surface area contributed by atoms with Gasteiger partial charge in [0.2, 0.25) is 0 Å². The standard InChI is InChI=1S/C16H16ClNO3/c17-14-9-6-12(7-10-14)8-11-15(19)18-21-16(20)13-4-2-1-3-5-13/h6-7,9-10,13H,1-5H2,(H,18,19). The minimum Gasteiger partial charge on any atom is -0.340 e. The van der Waals surface area contributed by atoms with Gasteiger partial charge in [-0.25, -0.2) is 4.79 Å². The molecule has 1 fully saturated rings. The van der Waals surface area contributed by atoms with Gasteiger partial charge in [-0.15, -0.1) is 0 Å². The van der Waals surface area contributed by atoms with Crippen LogP contribution < -0.4 is 5.48 Å². The third-order valence-electron chi connectivity index (χ3n) is 3.35. The molecule has 0 atom stereocenters. The number of hydrogen-bond donors (Lipinski definition) is 1. The fraction of sp³-hybridized carbons (Fsp3) is 0.375. The molecule has 0 aromatic heterocycles. The number of carbonyl (C=O) groups excluding carboxylic acids is 2. The summed E-state index contributed by atoms with van der Waals surface area (Å²) in [6.45, 7) is 0. The van der Waals surface area contributed by atoms with Crippen LogP contribution in [0.2, 0.25) is 5.02 Å². The van der Waals surface area contributed by atoms with Crippen molar-refractivity contribution in [2.24, 2.45) is 5.92 Å². The highest BCUT2D eigenvalue weighted by molar-refractivity contribution is 6.30. The minimum atomic E-state index is -0.644. The second kappa shape index (κ2) is 7.70. The third-order valence-corrected chi connectivity index (χ3v) is 3.60. The summed E-state index contributed by atoms with van der Waals surface area (Å²) in [4.78, 5) is 28.0. The van der Waals surface area contributed by atoms with Crippen molar-refractivity contribution >= 4 is 23.5 Å². The van der Waals surface area contributed by atoms with E-state index in [9.17, 15) is 9.59 Å². The second-order valence-electron chi connectivity index (χ2n) is 4.94. The van der Waals surface area contributed by atoms with Gasteiger partial charge in [0.25, 0.3) is 0 Å². The van der Waals surface area contributed by atoms with Crippen molar-refractivity contribution in [1.29, 1.82) is 0 Å². The average Bonchev–Trinajstić information content (AvgIpc) is 2.53. The number of rotatable bonds is 1. The maximum absolute atomic E-state index is 11.7. The van der Waals surface area contributed by atoms with Crippen LogP contribution in [0.25, 0.3) is 0 Å². The Labute approximate surface area is 128 Å². The monoisotopic (exact) mass is 305 g/mol. The Kier molecular flexibility index (Phi) is 5.65. The Bertz CT molecular complexity index is 565. The van der Waals surface area contributed by atoms with E-state index >= 15 is 0 Å². The topological polar surface area (TPSA) is 55.4 Å². The van der Waals surface area contributed by atoms with Crippen LogP contribution in [0.15, 0.2) is 24.3 Å². The lowest BCUT2D eigenvalue weighted by atomic mass is 9.89. The van der Waals surface area contributed by atoms with Crippen LogP contribution in [0, 0.1) is 17.8 Å². The summed E-state index contributed by atoms with van der Waals surface area (Å²) in [6.07, 6.45) is 4.87. The van der Waals surface area contributed by atoms with Gasteiger partial charge < -0.3 is 4.84 Å². The zero-order chi connectivity index (χ0) is 15.1. The zero-order valence-electron chi connectivity index (χ0n) is 11.5. The highest BCUT2D eigenvalue weighted by Crippen LogP contribution is 2.24. The Morgan fingerprint density at radius 3 is 2.48 bits per heavy atom. The Morgan fingerprint density at radius 1 is 1.14 bits per heavy atom. The highest BCUT2D eigenvalue weighted by atomic mass is 35.5. The van der Waals surface area contributed by atoms with E-state index in [1.54, 1.807) is 24.3 Å². The zero-order valence-corrected chi connectivity index (χ0v) is 12.3. The summed E-state index contributed by atoms with van der Waals surface area (Å²) in [5.74, 6) is 3.89. The average molecular weight is 306 g/mol. The molecule has 0 radical (unpaired) electrons. The molecular formula is C16H16ClNO3. The van der Waals surface area contributed by atoms with Crippen molar-refractivity contribution in [1.82, 2.24) is 5.48 Å². The lowest BCUT2D eigenvalue weighted by Crippen LogP contribution is -2.30. The SMILES string of the molecule is O=C(C#Cc1ccc(Cl)cc1)NOC(=O)C1CCCCC1. The van der Waals surface area contributed by atoms with E-state index in [2.05, 4.69) is 17.3 Å². The fourth-order valence-corrected chi connectivity index (χ4v) is 2.33. The van der Waals surface area contributed by atoms with Gasteiger partial charge in [-0.05, 0) is 37.1 Å². The van der Waals surface area contributed by atoms with E-state index in [4.69, 9.17) is 16.4 Å². The summed E-state index contributed by atoms with van der Waals surface area (Å²) in [6, 6.07) is 6.78. The first-order chi connectivity index (χ1) is 10.1. The summed E-state index contributed by atoms with van der Waals surface area (Å²) < 4.78 is 0. The molecule has 4 nitrogen and oxygen atoms in total. The van der Waals surface area contributed by atoms with Gasteiger partial charge >= 0.3 is 11.9 Å². The van der Waals surface area contributed by atoms with Crippen LogP contribution >= 0.6 is 11.6 Å². The first kappa shape index (κ1) is 15.4. The van der Waals surface area contributed by atoms with Crippen molar-refractivity contribution in [2.75, 3.05) is 0 Å². The molecule has 1 aromatic rings. The van der Waals surface area contributed by atoms with Crippen LogP contribution in [-0.2, 0) is 14.4 Å². The minimum absolute atomic E-state index is 0.108. The molecule has 0 bridgehead atoms. The van der Waals surface area contributed by atoms with Gasteiger partial charge in [0.15, 0.2) is 0 Å². The molecule has 21 heavy (non-hydrogen) atoms. The van der Waals surface area contributed by atoms with E-state index in [1.807, 2.05) is 0 Å². The van der Waals surface area contributed by atoms with Crippen molar-refractivity contribution in [2.45, 2.75) is 32.1 Å². The Morgan fingerprint density at radius 2 is 1.81 bits per heavy atom. The summed E-state index contributed by atoms with van der Waals surface area (Å²) in [7, 11) is 0. The number of nitrogens with one attached hydrogen (secondary N) is 1. The van der Waals surface area contributed by atoms with Crippen LogP contribution in [0.1, 0.15) is 37.7 Å². The predicted octanol–water partition coefficient (Wildman–Crippen LogP) is 2.85. The largest absolute Gasteiger partial charge is 0.340 e. The van der Waals surface area contributed by atoms with Crippen molar-refractivity contribution in [3.05, 3.63) is 34.9 Å². The van der Waals surface area contributed by atoms with Gasteiger partial charge in [-0.3, -0.25) is 4.79 Å². The molecule has 1 N–H and O–H groups in total. The smallest absolute Gasteiger partial charge is 0.335 e. The van der Waals surface area contributed by atoms with Crippen molar-refractivity contribution in [3.63, 3.8) is 0 Å². The Hall–Kier alpha value is -1.99. The lowest BCUT2D eigenvalue weighted by molar-refractivity contribution is -0.161. The summed E-state index contributed by atoms with van der Waals surface area (Å²) in [5, 5.41) is 0.603. The van der Waals surface area contributed by atoms with E-state index in [0.29, 0.717) is 10.6 Å². The van der Waals surface area contributed by atoms with Gasteiger partial charge in [0, 0.05) is 16.5 Å². The van der Waals surface area contributed by atoms with Crippen LogP contribution in [0.3, 0.4) is 0 Å². The van der Waals surface area contributed by atoms with Crippen LogP contribution in [0.5, 0.6) is 0 Å². The van der Waals surface area contributed by atoms with Crippen molar-refractivity contribution < 1.29 is 14.4 Å². The van der Waals surface area contributed by atoms with Gasteiger partial charge in [-0.2, -0.15) is 5.48 Å². The number of halogens is 1. The molecule has 2 rings (SSSR count). The van der Waals surface area contributed by atoms with Gasteiger partial charge in [0.1, 0.15) is 0 Å². The molecule has 0 unspecified atom stereocenters. The molecule has 1 amide bonds. The summed E-state index contributed by atoms with van der Waals surface area (Å²) >= 11 is 5.75. The molecule has 0 saturated heterocycles. The van der Waals surface area contributed by atoms with Crippen molar-refractivity contribution in [3.8, 4) is 11.8 Å². The molecule has 1 aliphatic carbocycles. The maximum atomic E-state index is 11.7. The van der Waals surface area contributed by atoms with Gasteiger partial charge in [-0.1, -0.05) is 36.8 Å². The molecule has 110 valence electrons. The Balaban J connectivity index is 1.79. The second-order valence-corrected chi connectivity index (χ2v) is 5.38. The lowest BCUT2D eigenvalue weighted by Gasteiger charge is -2.18. The van der Waals surface area contributed by atoms with E-state index < -0.39 is 5.91 Å². The number of benzene rings is 1. The molecule has 0 spiro atoms. The van der Waals surface area contributed by atoms with Crippen LogP contribution in [-0.4, -0.2) is 11.9 Å². The van der Waals surface area contributed by atoms with E-state index in [-0.39, 0.29) is 11.9 Å². The third kappa shape index (κ3) is 5.13. The molecule has 0 aliphatic heterocycles. The molecular weight excluding hydrogens is 290 g/mol. The van der Waals surface area contributed by atoms with Crippen LogP contribution in [0.4, 0.5) is 0 Å². The number of hydroxylamine groups is 1. The first-order valence-electron chi connectivity index (χ1n) is 6.93. The molecule has 5 heteroatoms. The molecule has 0 heterocycles. The quantitative estimate of drug-likeness (QED) is 0.641. The van der Waals surface area contributed by atoms with E-state index in [0.717, 1.165) is 32.1 Å². The molecule has 1 aromatic carbocycles. The number of amides is 1. The molecule has 1 saturated carbocycles. The van der Waals surface area contributed by atoms with Gasteiger partial charge in [0.05, 0.1) is 5.92 Å². The molecule has 1 aliphatic rings. The van der Waals surface area contributed by atoms with E-state index in [1.165, 1.54) is 0 Å². The fourth-order valence-electron chi connectivity index (χ4n) is 2.21. The first-order valence-corrected chi connectivity index (χ1v) is 7.31. The maximum Gasteiger partial charge on any atom is 0.335 e. The summed E-state index contributed by atoms with van der Waals surface area (Å²) in [5.41, 5.74) is 2.73. The predicted molar refractivity (Wildman–Crippen MR) is 79.1 cm³/mol. The highest BCUT2D eigenvalue weighted by Gasteiger charge is 2.23. The number of hydrogen-bond acceptors (Lipinski definition) is 3.